The van der Waals surface area contributed by atoms with Gasteiger partial charge >= 0.3 is 0 Å². The van der Waals surface area contributed by atoms with Crippen LogP contribution < -0.4 is 5.32 Å². The van der Waals surface area contributed by atoms with Crippen molar-refractivity contribution in [2.75, 3.05) is 6.54 Å². The first kappa shape index (κ1) is 15.5. The van der Waals surface area contributed by atoms with E-state index in [4.69, 9.17) is 4.98 Å². The number of fused-ring (bicyclic) bond motifs is 1. The summed E-state index contributed by atoms with van der Waals surface area (Å²) in [4.78, 5) is 4.74. The Kier molecular flexibility index (Phi) is 6.03. The lowest BCUT2D eigenvalue weighted by molar-refractivity contribution is 0.270. The van der Waals surface area contributed by atoms with Gasteiger partial charge in [-0.1, -0.05) is 39.7 Å². The van der Waals surface area contributed by atoms with Crippen LogP contribution in [0.3, 0.4) is 0 Å². The van der Waals surface area contributed by atoms with Gasteiger partial charge in [0.15, 0.2) is 0 Å². The van der Waals surface area contributed by atoms with Crippen molar-refractivity contribution in [3.05, 3.63) is 29.6 Å². The van der Waals surface area contributed by atoms with Gasteiger partial charge in [-0.05, 0) is 49.8 Å². The van der Waals surface area contributed by atoms with Crippen molar-refractivity contribution in [1.29, 1.82) is 0 Å². The molecule has 2 unspecified atom stereocenters. The average Bonchev–Trinajstić information content (AvgIpc) is 2.51. The van der Waals surface area contributed by atoms with E-state index >= 15 is 0 Å². The SMILES string of the molecule is CCCNC(C(CC)CC)C1CCCc2cccnc21. The highest BCUT2D eigenvalue weighted by Gasteiger charge is 2.32. The summed E-state index contributed by atoms with van der Waals surface area (Å²) < 4.78 is 0. The monoisotopic (exact) mass is 274 g/mol. The van der Waals surface area contributed by atoms with Crippen molar-refractivity contribution in [1.82, 2.24) is 10.3 Å². The third-order valence-electron chi connectivity index (χ3n) is 4.86. The van der Waals surface area contributed by atoms with E-state index < -0.39 is 0 Å². The number of nitrogens with zero attached hydrogens (tertiary/aromatic N) is 1. The van der Waals surface area contributed by atoms with E-state index in [2.05, 4.69) is 38.2 Å². The Morgan fingerprint density at radius 1 is 1.30 bits per heavy atom. The predicted octanol–water partition coefficient (Wildman–Crippen LogP) is 4.31. The quantitative estimate of drug-likeness (QED) is 0.801. The number of pyridine rings is 1. The number of aryl methyl sites for hydroxylation is 1. The molecule has 0 aliphatic heterocycles. The molecule has 2 nitrogen and oxygen atoms in total. The zero-order valence-corrected chi connectivity index (χ0v) is 13.4. The lowest BCUT2D eigenvalue weighted by Gasteiger charge is -2.36. The van der Waals surface area contributed by atoms with E-state index in [0.717, 1.165) is 12.5 Å². The fourth-order valence-electron chi connectivity index (χ4n) is 3.74. The van der Waals surface area contributed by atoms with Gasteiger partial charge in [0.25, 0.3) is 0 Å². The third kappa shape index (κ3) is 3.41. The molecule has 0 saturated heterocycles. The number of hydrogen-bond acceptors (Lipinski definition) is 2. The second-order valence-corrected chi connectivity index (χ2v) is 6.10. The molecular formula is C18H30N2. The van der Waals surface area contributed by atoms with Gasteiger partial charge in [0.2, 0.25) is 0 Å². The highest BCUT2D eigenvalue weighted by molar-refractivity contribution is 5.27. The van der Waals surface area contributed by atoms with Gasteiger partial charge < -0.3 is 5.32 Å². The fraction of sp³-hybridized carbons (Fsp3) is 0.722. The molecule has 2 atom stereocenters. The zero-order chi connectivity index (χ0) is 14.4. The summed E-state index contributed by atoms with van der Waals surface area (Å²) in [7, 11) is 0. The smallest absolute Gasteiger partial charge is 0.0482 e. The normalized spacial score (nSPS) is 19.9. The maximum atomic E-state index is 4.74. The Balaban J connectivity index is 2.24. The van der Waals surface area contributed by atoms with E-state index in [-0.39, 0.29) is 0 Å². The van der Waals surface area contributed by atoms with Crippen molar-refractivity contribution in [2.24, 2.45) is 5.92 Å². The molecule has 20 heavy (non-hydrogen) atoms. The van der Waals surface area contributed by atoms with Crippen molar-refractivity contribution >= 4 is 0 Å². The number of rotatable bonds is 7. The van der Waals surface area contributed by atoms with Gasteiger partial charge in [0, 0.05) is 23.9 Å². The molecule has 1 aromatic heterocycles. The molecule has 0 saturated carbocycles. The van der Waals surface area contributed by atoms with Gasteiger partial charge in [-0.3, -0.25) is 4.98 Å². The summed E-state index contributed by atoms with van der Waals surface area (Å²) >= 11 is 0. The van der Waals surface area contributed by atoms with Gasteiger partial charge in [-0.15, -0.1) is 0 Å². The van der Waals surface area contributed by atoms with E-state index in [1.807, 2.05) is 6.20 Å². The lowest BCUT2D eigenvalue weighted by atomic mass is 9.76. The van der Waals surface area contributed by atoms with Crippen LogP contribution in [0.5, 0.6) is 0 Å². The molecule has 0 amide bonds. The van der Waals surface area contributed by atoms with Crippen molar-refractivity contribution in [3.8, 4) is 0 Å². The molecule has 0 radical (unpaired) electrons. The van der Waals surface area contributed by atoms with Crippen LogP contribution in [-0.4, -0.2) is 17.6 Å². The van der Waals surface area contributed by atoms with Crippen LogP contribution in [0.1, 0.15) is 70.1 Å². The molecule has 1 aromatic rings. The summed E-state index contributed by atoms with van der Waals surface area (Å²) in [6.45, 7) is 8.04. The molecule has 1 aliphatic carbocycles. The van der Waals surface area contributed by atoms with Gasteiger partial charge in [0.1, 0.15) is 0 Å². The van der Waals surface area contributed by atoms with Crippen LogP contribution in [0, 0.1) is 5.92 Å². The van der Waals surface area contributed by atoms with Gasteiger partial charge in [0.05, 0.1) is 0 Å². The Bertz CT molecular complexity index is 398. The second-order valence-electron chi connectivity index (χ2n) is 6.10. The molecule has 0 spiro atoms. The third-order valence-corrected chi connectivity index (χ3v) is 4.86. The standard InChI is InChI=1S/C18H30N2/c1-4-12-19-17(14(5-2)6-3)16-11-7-9-15-10-8-13-20-18(15)16/h8,10,13-14,16-17,19H,4-7,9,11-12H2,1-3H3. The summed E-state index contributed by atoms with van der Waals surface area (Å²) in [5.74, 6) is 1.37. The Labute approximate surface area is 124 Å². The van der Waals surface area contributed by atoms with Crippen LogP contribution in [0.25, 0.3) is 0 Å². The van der Waals surface area contributed by atoms with Crippen LogP contribution in [0.15, 0.2) is 18.3 Å². The minimum absolute atomic E-state index is 0.596. The average molecular weight is 274 g/mol. The van der Waals surface area contributed by atoms with Gasteiger partial charge in [-0.25, -0.2) is 0 Å². The first-order chi connectivity index (χ1) is 9.81. The largest absolute Gasteiger partial charge is 0.313 e. The van der Waals surface area contributed by atoms with Crippen molar-refractivity contribution in [3.63, 3.8) is 0 Å². The predicted molar refractivity (Wildman–Crippen MR) is 86.1 cm³/mol. The van der Waals surface area contributed by atoms with Crippen LogP contribution in [0.2, 0.25) is 0 Å². The molecule has 2 heteroatoms. The fourth-order valence-corrected chi connectivity index (χ4v) is 3.74. The summed E-state index contributed by atoms with van der Waals surface area (Å²) in [6.07, 6.45) is 9.52. The highest BCUT2D eigenvalue weighted by Crippen LogP contribution is 2.36. The first-order valence-electron chi connectivity index (χ1n) is 8.48. The number of nitrogens with one attached hydrogen (secondary N) is 1. The Morgan fingerprint density at radius 2 is 2.10 bits per heavy atom. The molecule has 0 fully saturated rings. The minimum Gasteiger partial charge on any atom is -0.313 e. The van der Waals surface area contributed by atoms with E-state index in [9.17, 15) is 0 Å². The maximum absolute atomic E-state index is 4.74. The summed E-state index contributed by atoms with van der Waals surface area (Å²) in [5, 5.41) is 3.84. The first-order valence-corrected chi connectivity index (χ1v) is 8.48. The van der Waals surface area contributed by atoms with Crippen molar-refractivity contribution < 1.29 is 0 Å². The van der Waals surface area contributed by atoms with E-state index in [1.165, 1.54) is 49.8 Å². The molecular weight excluding hydrogens is 244 g/mol. The molecule has 1 aliphatic rings. The molecule has 2 rings (SSSR count). The van der Waals surface area contributed by atoms with Crippen LogP contribution in [0.4, 0.5) is 0 Å². The lowest BCUT2D eigenvalue weighted by Crippen LogP contribution is -2.42. The molecule has 0 aromatic carbocycles. The molecule has 0 bridgehead atoms. The van der Waals surface area contributed by atoms with Crippen LogP contribution >= 0.6 is 0 Å². The Morgan fingerprint density at radius 3 is 2.80 bits per heavy atom. The Hall–Kier alpha value is -0.890. The highest BCUT2D eigenvalue weighted by atomic mass is 14.9. The second kappa shape index (κ2) is 7.78. The summed E-state index contributed by atoms with van der Waals surface area (Å²) in [6, 6.07) is 4.96. The summed E-state index contributed by atoms with van der Waals surface area (Å²) in [5.41, 5.74) is 2.86. The molecule has 1 N–H and O–H groups in total. The topological polar surface area (TPSA) is 24.9 Å². The van der Waals surface area contributed by atoms with E-state index in [0.29, 0.717) is 12.0 Å². The van der Waals surface area contributed by atoms with Crippen LogP contribution in [-0.2, 0) is 6.42 Å². The maximum Gasteiger partial charge on any atom is 0.0482 e. The van der Waals surface area contributed by atoms with E-state index in [1.54, 1.807) is 0 Å². The number of hydrogen-bond donors (Lipinski definition) is 1. The zero-order valence-electron chi connectivity index (χ0n) is 13.4. The molecule has 1 heterocycles. The minimum atomic E-state index is 0.596. The molecule has 112 valence electrons. The number of aromatic nitrogens is 1. The van der Waals surface area contributed by atoms with Gasteiger partial charge in [-0.2, -0.15) is 0 Å². The van der Waals surface area contributed by atoms with Crippen molar-refractivity contribution in [2.45, 2.75) is 71.3 Å².